The van der Waals surface area contributed by atoms with Crippen LogP contribution in [0, 0.1) is 5.92 Å². The normalized spacial score (nSPS) is 19.8. The van der Waals surface area contributed by atoms with Gasteiger partial charge in [0.1, 0.15) is 5.82 Å². The topological polar surface area (TPSA) is 34.0 Å². The first-order chi connectivity index (χ1) is 11.7. The number of benzene rings is 1. The van der Waals surface area contributed by atoms with Gasteiger partial charge in [-0.25, -0.2) is 0 Å². The van der Waals surface area contributed by atoms with Crippen LogP contribution in [-0.2, 0) is 26.3 Å². The molecule has 0 radical (unpaired) electrons. The number of hydrogen-bond donors (Lipinski definition) is 0. The van der Waals surface area contributed by atoms with Crippen molar-refractivity contribution in [2.45, 2.75) is 43.3 Å². The fourth-order valence-corrected chi connectivity index (χ4v) is 4.78. The standard InChI is InChI=1S/C19H26N4S/c1-22-18(20-21-19(22)24-2)11-14-7-9-23(10-8-14)17-12-15-5-3-4-6-16(15)13-17/h3-6,14,17H,7-13H2,1-2H3. The lowest BCUT2D eigenvalue weighted by molar-refractivity contribution is 0.135. The number of fused-ring (bicyclic) bond motifs is 1. The summed E-state index contributed by atoms with van der Waals surface area (Å²) in [6.07, 6.45) is 8.18. The van der Waals surface area contributed by atoms with Crippen LogP contribution < -0.4 is 0 Å². The smallest absolute Gasteiger partial charge is 0.190 e. The van der Waals surface area contributed by atoms with Gasteiger partial charge >= 0.3 is 0 Å². The van der Waals surface area contributed by atoms with Gasteiger partial charge in [0.2, 0.25) is 0 Å². The molecule has 0 unspecified atom stereocenters. The minimum Gasteiger partial charge on any atom is -0.309 e. The van der Waals surface area contributed by atoms with Crippen molar-refractivity contribution >= 4 is 11.8 Å². The van der Waals surface area contributed by atoms with Crippen LogP contribution in [0.5, 0.6) is 0 Å². The number of nitrogens with zero attached hydrogens (tertiary/aromatic N) is 4. The summed E-state index contributed by atoms with van der Waals surface area (Å²) in [5.41, 5.74) is 3.13. The number of rotatable bonds is 4. The lowest BCUT2D eigenvalue weighted by Gasteiger charge is -2.35. The Hall–Kier alpha value is -1.33. The maximum absolute atomic E-state index is 4.38. The van der Waals surface area contributed by atoms with E-state index in [9.17, 15) is 0 Å². The molecule has 1 fully saturated rings. The van der Waals surface area contributed by atoms with Crippen molar-refractivity contribution in [1.82, 2.24) is 19.7 Å². The SMILES string of the molecule is CSc1nnc(CC2CCN(C3Cc4ccccc4C3)CC2)n1C. The van der Waals surface area contributed by atoms with Gasteiger partial charge in [-0.15, -0.1) is 10.2 Å². The van der Waals surface area contributed by atoms with Gasteiger partial charge in [-0.3, -0.25) is 4.90 Å². The van der Waals surface area contributed by atoms with Crippen LogP contribution in [-0.4, -0.2) is 45.1 Å². The maximum Gasteiger partial charge on any atom is 0.190 e. The first-order valence-corrected chi connectivity index (χ1v) is 10.2. The number of hydrogen-bond acceptors (Lipinski definition) is 4. The van der Waals surface area contributed by atoms with Gasteiger partial charge in [0, 0.05) is 19.5 Å². The van der Waals surface area contributed by atoms with Crippen molar-refractivity contribution < 1.29 is 0 Å². The highest BCUT2D eigenvalue weighted by molar-refractivity contribution is 7.98. The molecule has 1 aromatic heterocycles. The summed E-state index contributed by atoms with van der Waals surface area (Å²) >= 11 is 1.67. The second-order valence-electron chi connectivity index (χ2n) is 7.18. The van der Waals surface area contributed by atoms with Crippen LogP contribution in [0.2, 0.25) is 0 Å². The van der Waals surface area contributed by atoms with Crippen molar-refractivity contribution in [1.29, 1.82) is 0 Å². The highest BCUT2D eigenvalue weighted by Crippen LogP contribution is 2.29. The summed E-state index contributed by atoms with van der Waals surface area (Å²) < 4.78 is 2.16. The molecule has 5 heteroatoms. The number of aromatic nitrogens is 3. The van der Waals surface area contributed by atoms with E-state index in [0.717, 1.165) is 29.4 Å². The number of likely N-dealkylation sites (tertiary alicyclic amines) is 1. The second-order valence-corrected chi connectivity index (χ2v) is 7.95. The van der Waals surface area contributed by atoms with Crippen LogP contribution in [0.25, 0.3) is 0 Å². The largest absolute Gasteiger partial charge is 0.309 e. The van der Waals surface area contributed by atoms with E-state index in [0.29, 0.717) is 0 Å². The average Bonchev–Trinajstić information content (AvgIpc) is 3.19. The van der Waals surface area contributed by atoms with Crippen LogP contribution in [0.4, 0.5) is 0 Å². The molecule has 2 heterocycles. The van der Waals surface area contributed by atoms with Gasteiger partial charge in [0.05, 0.1) is 0 Å². The van der Waals surface area contributed by atoms with Gasteiger partial charge in [-0.05, 0) is 62.1 Å². The lowest BCUT2D eigenvalue weighted by atomic mass is 9.92. The Morgan fingerprint density at radius 2 is 1.75 bits per heavy atom. The highest BCUT2D eigenvalue weighted by Gasteiger charge is 2.30. The molecule has 1 aliphatic carbocycles. The minimum absolute atomic E-state index is 0.723. The van der Waals surface area contributed by atoms with Crippen LogP contribution in [0.1, 0.15) is 29.8 Å². The zero-order valence-corrected chi connectivity index (χ0v) is 15.4. The van der Waals surface area contributed by atoms with E-state index in [1.165, 1.54) is 38.8 Å². The summed E-state index contributed by atoms with van der Waals surface area (Å²) in [5, 5.41) is 9.67. The molecule has 0 atom stereocenters. The summed E-state index contributed by atoms with van der Waals surface area (Å²) in [7, 11) is 2.09. The summed E-state index contributed by atoms with van der Waals surface area (Å²) in [6.45, 7) is 2.47. The molecule has 0 bridgehead atoms. The Labute approximate surface area is 148 Å². The van der Waals surface area contributed by atoms with E-state index in [-0.39, 0.29) is 0 Å². The predicted octanol–water partition coefficient (Wildman–Crippen LogP) is 2.96. The Bertz CT molecular complexity index is 678. The van der Waals surface area contributed by atoms with Gasteiger partial charge in [0.15, 0.2) is 5.16 Å². The third kappa shape index (κ3) is 3.11. The zero-order chi connectivity index (χ0) is 16.5. The van der Waals surface area contributed by atoms with E-state index >= 15 is 0 Å². The van der Waals surface area contributed by atoms with E-state index in [4.69, 9.17) is 0 Å². The van der Waals surface area contributed by atoms with E-state index in [1.54, 1.807) is 22.9 Å². The molecule has 24 heavy (non-hydrogen) atoms. The van der Waals surface area contributed by atoms with E-state index in [2.05, 4.69) is 57.2 Å². The van der Waals surface area contributed by atoms with Gasteiger partial charge in [-0.2, -0.15) is 0 Å². The monoisotopic (exact) mass is 342 g/mol. The molecule has 2 aromatic rings. The molecule has 1 aromatic carbocycles. The summed E-state index contributed by atoms with van der Waals surface area (Å²) in [5.74, 6) is 1.90. The van der Waals surface area contributed by atoms with E-state index < -0.39 is 0 Å². The van der Waals surface area contributed by atoms with Gasteiger partial charge in [0.25, 0.3) is 0 Å². The molecule has 1 saturated heterocycles. The molecule has 1 aliphatic heterocycles. The molecular formula is C19H26N4S. The summed E-state index contributed by atoms with van der Waals surface area (Å²) in [6, 6.07) is 9.69. The second kappa shape index (κ2) is 6.89. The van der Waals surface area contributed by atoms with Gasteiger partial charge in [-0.1, -0.05) is 36.0 Å². The molecule has 128 valence electrons. The van der Waals surface area contributed by atoms with Crippen molar-refractivity contribution in [3.05, 3.63) is 41.2 Å². The Balaban J connectivity index is 1.32. The average molecular weight is 343 g/mol. The first-order valence-electron chi connectivity index (χ1n) is 8.97. The Kier molecular flexibility index (Phi) is 4.63. The molecule has 0 amide bonds. The first kappa shape index (κ1) is 16.2. The molecule has 0 spiro atoms. The maximum atomic E-state index is 4.38. The highest BCUT2D eigenvalue weighted by atomic mass is 32.2. The molecule has 0 saturated carbocycles. The number of thioether (sulfide) groups is 1. The van der Waals surface area contributed by atoms with E-state index in [1.807, 2.05) is 0 Å². The third-order valence-corrected chi connectivity index (χ3v) is 6.49. The third-order valence-electron chi connectivity index (χ3n) is 5.77. The number of piperidine rings is 1. The lowest BCUT2D eigenvalue weighted by Crippen LogP contribution is -2.42. The predicted molar refractivity (Wildman–Crippen MR) is 98.4 cm³/mol. The zero-order valence-electron chi connectivity index (χ0n) is 14.6. The molecule has 4 nitrogen and oxygen atoms in total. The van der Waals surface area contributed by atoms with Crippen molar-refractivity contribution in [2.24, 2.45) is 13.0 Å². The van der Waals surface area contributed by atoms with Crippen LogP contribution in [0.3, 0.4) is 0 Å². The van der Waals surface area contributed by atoms with Crippen molar-refractivity contribution in [2.75, 3.05) is 19.3 Å². The Morgan fingerprint density at radius 3 is 2.33 bits per heavy atom. The molecular weight excluding hydrogens is 316 g/mol. The Morgan fingerprint density at radius 1 is 1.08 bits per heavy atom. The fraction of sp³-hybridized carbons (Fsp3) is 0.579. The molecule has 4 rings (SSSR count). The minimum atomic E-state index is 0.723. The van der Waals surface area contributed by atoms with Crippen LogP contribution >= 0.6 is 11.8 Å². The van der Waals surface area contributed by atoms with Crippen molar-refractivity contribution in [3.63, 3.8) is 0 Å². The summed E-state index contributed by atoms with van der Waals surface area (Å²) in [4.78, 5) is 2.72. The fourth-order valence-electron chi connectivity index (χ4n) is 4.27. The van der Waals surface area contributed by atoms with Gasteiger partial charge < -0.3 is 4.57 Å². The van der Waals surface area contributed by atoms with Crippen LogP contribution in [0.15, 0.2) is 29.4 Å². The van der Waals surface area contributed by atoms with Crippen molar-refractivity contribution in [3.8, 4) is 0 Å². The molecule has 0 N–H and O–H groups in total. The quantitative estimate of drug-likeness (QED) is 0.800. The molecule has 2 aliphatic rings.